The van der Waals surface area contributed by atoms with Crippen LogP contribution < -0.4 is 5.73 Å². The predicted molar refractivity (Wildman–Crippen MR) is 62.0 cm³/mol. The van der Waals surface area contributed by atoms with Gasteiger partial charge in [0, 0.05) is 18.5 Å². The third-order valence-corrected chi connectivity index (χ3v) is 3.41. The van der Waals surface area contributed by atoms with Crippen LogP contribution in [0.1, 0.15) is 39.5 Å². The summed E-state index contributed by atoms with van der Waals surface area (Å²) in [6, 6.07) is 0.309. The van der Waals surface area contributed by atoms with Crippen molar-refractivity contribution in [2.24, 2.45) is 5.73 Å². The molecule has 2 fully saturated rings. The number of nitrogens with zero attached hydrogens (tertiary/aromatic N) is 1. The zero-order valence-corrected chi connectivity index (χ0v) is 10.2. The summed E-state index contributed by atoms with van der Waals surface area (Å²) in [5.74, 6) is 0.188. The first-order chi connectivity index (χ1) is 7.47. The molecule has 4 heteroatoms. The van der Waals surface area contributed by atoms with Gasteiger partial charge in [-0.2, -0.15) is 0 Å². The fraction of sp³-hybridized carbons (Fsp3) is 0.917. The zero-order chi connectivity index (χ0) is 11.8. The van der Waals surface area contributed by atoms with E-state index in [0.717, 1.165) is 19.4 Å². The van der Waals surface area contributed by atoms with E-state index in [-0.39, 0.29) is 12.0 Å². The largest absolute Gasteiger partial charge is 0.374 e. The molecular formula is C12H22N2O2. The molecule has 1 saturated carbocycles. The number of fused-ring (bicyclic) bond motifs is 1. The number of amides is 1. The summed E-state index contributed by atoms with van der Waals surface area (Å²) in [5, 5.41) is 0. The van der Waals surface area contributed by atoms with E-state index >= 15 is 0 Å². The Balaban J connectivity index is 2.00. The third-order valence-electron chi connectivity index (χ3n) is 3.41. The van der Waals surface area contributed by atoms with Crippen molar-refractivity contribution in [3.05, 3.63) is 0 Å². The Morgan fingerprint density at radius 2 is 2.25 bits per heavy atom. The Hall–Kier alpha value is -0.610. The van der Waals surface area contributed by atoms with Gasteiger partial charge in [0.2, 0.25) is 5.91 Å². The van der Waals surface area contributed by atoms with Crippen LogP contribution in [-0.2, 0) is 9.53 Å². The lowest BCUT2D eigenvalue weighted by Gasteiger charge is -2.38. The number of hydrogen-bond acceptors (Lipinski definition) is 3. The van der Waals surface area contributed by atoms with Crippen molar-refractivity contribution in [1.82, 2.24) is 4.90 Å². The molecule has 0 bridgehead atoms. The highest BCUT2D eigenvalue weighted by molar-refractivity contribution is 5.78. The number of ether oxygens (including phenoxy) is 1. The Labute approximate surface area is 97.1 Å². The maximum absolute atomic E-state index is 12.1. The predicted octanol–water partition coefficient (Wildman–Crippen LogP) is 0.894. The highest BCUT2D eigenvalue weighted by atomic mass is 16.5. The van der Waals surface area contributed by atoms with Crippen LogP contribution in [0.5, 0.6) is 0 Å². The molecule has 4 nitrogen and oxygen atoms in total. The minimum atomic E-state index is -0.413. The minimum absolute atomic E-state index is 0.188. The first-order valence-electron chi connectivity index (χ1n) is 6.17. The van der Waals surface area contributed by atoms with Crippen molar-refractivity contribution in [1.29, 1.82) is 0 Å². The average Bonchev–Trinajstić information content (AvgIpc) is 2.61. The van der Waals surface area contributed by atoms with Gasteiger partial charge >= 0.3 is 0 Å². The van der Waals surface area contributed by atoms with Gasteiger partial charge in [-0.15, -0.1) is 0 Å². The first kappa shape index (κ1) is 11.9. The SMILES string of the molecule is CC(C)(N)CC(=O)N1CCOC2CCCC21. The van der Waals surface area contributed by atoms with Crippen LogP contribution in [0.3, 0.4) is 0 Å². The van der Waals surface area contributed by atoms with E-state index in [1.165, 1.54) is 6.42 Å². The maximum atomic E-state index is 12.1. The van der Waals surface area contributed by atoms with Gasteiger partial charge in [0.05, 0.1) is 18.8 Å². The summed E-state index contributed by atoms with van der Waals surface area (Å²) >= 11 is 0. The van der Waals surface area contributed by atoms with Crippen molar-refractivity contribution in [2.45, 2.75) is 57.2 Å². The van der Waals surface area contributed by atoms with Crippen LogP contribution in [0.15, 0.2) is 0 Å². The molecule has 0 aromatic rings. The standard InChI is InChI=1S/C12H22N2O2/c1-12(2,13)8-11(15)14-6-7-16-10-5-3-4-9(10)14/h9-10H,3-8,13H2,1-2H3. The van der Waals surface area contributed by atoms with Gasteiger partial charge in [0.15, 0.2) is 0 Å². The van der Waals surface area contributed by atoms with E-state index in [1.54, 1.807) is 0 Å². The van der Waals surface area contributed by atoms with E-state index in [9.17, 15) is 4.79 Å². The summed E-state index contributed by atoms with van der Waals surface area (Å²) in [6.45, 7) is 5.21. The summed E-state index contributed by atoms with van der Waals surface area (Å²) in [7, 11) is 0. The van der Waals surface area contributed by atoms with E-state index in [2.05, 4.69) is 0 Å². The molecule has 1 amide bonds. The number of carbonyl (C=O) groups is 1. The molecular weight excluding hydrogens is 204 g/mol. The molecule has 1 heterocycles. The zero-order valence-electron chi connectivity index (χ0n) is 10.2. The number of nitrogens with two attached hydrogens (primary N) is 1. The quantitative estimate of drug-likeness (QED) is 0.761. The van der Waals surface area contributed by atoms with Crippen molar-refractivity contribution >= 4 is 5.91 Å². The summed E-state index contributed by atoms with van der Waals surface area (Å²) in [6.07, 6.45) is 4.06. The highest BCUT2D eigenvalue weighted by Crippen LogP contribution is 2.30. The molecule has 16 heavy (non-hydrogen) atoms. The molecule has 1 aliphatic heterocycles. The number of rotatable bonds is 2. The minimum Gasteiger partial charge on any atom is -0.374 e. The maximum Gasteiger partial charge on any atom is 0.224 e. The van der Waals surface area contributed by atoms with Crippen molar-refractivity contribution in [3.63, 3.8) is 0 Å². The Morgan fingerprint density at radius 3 is 2.94 bits per heavy atom. The first-order valence-corrected chi connectivity index (χ1v) is 6.17. The van der Waals surface area contributed by atoms with Crippen molar-refractivity contribution < 1.29 is 9.53 Å². The van der Waals surface area contributed by atoms with Crippen LogP contribution in [0, 0.1) is 0 Å². The molecule has 1 saturated heterocycles. The average molecular weight is 226 g/mol. The molecule has 0 radical (unpaired) electrons. The molecule has 0 aromatic heterocycles. The van der Waals surface area contributed by atoms with Crippen LogP contribution in [0.25, 0.3) is 0 Å². The normalized spacial score (nSPS) is 30.3. The summed E-state index contributed by atoms with van der Waals surface area (Å²) in [4.78, 5) is 14.1. The van der Waals surface area contributed by atoms with Gasteiger partial charge in [-0.25, -0.2) is 0 Å². The smallest absolute Gasteiger partial charge is 0.224 e. The van der Waals surface area contributed by atoms with Crippen molar-refractivity contribution in [3.8, 4) is 0 Å². The third kappa shape index (κ3) is 2.55. The second-order valence-electron chi connectivity index (χ2n) is 5.66. The topological polar surface area (TPSA) is 55.6 Å². The molecule has 2 rings (SSSR count). The van der Waals surface area contributed by atoms with E-state index in [4.69, 9.17) is 10.5 Å². The van der Waals surface area contributed by atoms with Crippen molar-refractivity contribution in [2.75, 3.05) is 13.2 Å². The van der Waals surface area contributed by atoms with E-state index in [1.807, 2.05) is 18.7 Å². The monoisotopic (exact) mass is 226 g/mol. The summed E-state index contributed by atoms with van der Waals surface area (Å²) in [5.41, 5.74) is 5.49. The van der Waals surface area contributed by atoms with E-state index in [0.29, 0.717) is 19.1 Å². The molecule has 2 atom stereocenters. The summed E-state index contributed by atoms with van der Waals surface area (Å²) < 4.78 is 5.69. The number of morpholine rings is 1. The van der Waals surface area contributed by atoms with Gasteiger partial charge in [-0.05, 0) is 33.1 Å². The second-order valence-corrected chi connectivity index (χ2v) is 5.66. The van der Waals surface area contributed by atoms with Gasteiger partial charge < -0.3 is 15.4 Å². The van der Waals surface area contributed by atoms with Crippen LogP contribution in [0.2, 0.25) is 0 Å². The Bertz CT molecular complexity index is 273. The Kier molecular flexibility index (Phi) is 3.22. The van der Waals surface area contributed by atoms with Gasteiger partial charge in [0.25, 0.3) is 0 Å². The molecule has 2 N–H and O–H groups in total. The second kappa shape index (κ2) is 4.34. The van der Waals surface area contributed by atoms with Gasteiger partial charge in [0.1, 0.15) is 0 Å². The van der Waals surface area contributed by atoms with Gasteiger partial charge in [-0.1, -0.05) is 0 Å². The van der Waals surface area contributed by atoms with Crippen LogP contribution in [-0.4, -0.2) is 41.6 Å². The molecule has 2 aliphatic rings. The number of hydrogen-bond donors (Lipinski definition) is 1. The van der Waals surface area contributed by atoms with Crippen LogP contribution in [0.4, 0.5) is 0 Å². The fourth-order valence-electron chi connectivity index (χ4n) is 2.73. The lowest BCUT2D eigenvalue weighted by atomic mass is 10.00. The highest BCUT2D eigenvalue weighted by Gasteiger charge is 2.38. The Morgan fingerprint density at radius 1 is 1.50 bits per heavy atom. The van der Waals surface area contributed by atoms with Gasteiger partial charge in [-0.3, -0.25) is 4.79 Å². The van der Waals surface area contributed by atoms with Crippen LogP contribution >= 0.6 is 0 Å². The molecule has 2 unspecified atom stereocenters. The molecule has 1 aliphatic carbocycles. The number of carbonyl (C=O) groups excluding carboxylic acids is 1. The molecule has 0 aromatic carbocycles. The fourth-order valence-corrected chi connectivity index (χ4v) is 2.73. The molecule has 92 valence electrons. The lowest BCUT2D eigenvalue weighted by Crippen LogP contribution is -2.53. The lowest BCUT2D eigenvalue weighted by molar-refractivity contribution is -0.145. The van der Waals surface area contributed by atoms with E-state index < -0.39 is 5.54 Å². The molecule has 0 spiro atoms.